The van der Waals surface area contributed by atoms with Crippen LogP contribution >= 0.6 is 11.6 Å². The molecule has 0 N–H and O–H groups in total. The minimum absolute atomic E-state index is 0.348. The first kappa shape index (κ1) is 10.8. The van der Waals surface area contributed by atoms with Crippen LogP contribution in [-0.2, 0) is 4.74 Å². The molecule has 0 aliphatic carbocycles. The average Bonchev–Trinajstić information content (AvgIpc) is 2.16. The van der Waals surface area contributed by atoms with Crippen molar-refractivity contribution in [3.05, 3.63) is 23.0 Å². The summed E-state index contributed by atoms with van der Waals surface area (Å²) >= 11 is 5.72. The van der Waals surface area contributed by atoms with E-state index in [9.17, 15) is 4.79 Å². The van der Waals surface area contributed by atoms with E-state index in [-0.39, 0.29) is 0 Å². The smallest absolute Gasteiger partial charge is 0.341 e. The molecule has 0 aliphatic rings. The van der Waals surface area contributed by atoms with Gasteiger partial charge in [-0.25, -0.2) is 9.78 Å². The lowest BCUT2D eigenvalue weighted by Gasteiger charge is -2.15. The Bertz CT molecular complexity index is 353. The number of nitrogens with zero attached hydrogens (tertiary/aromatic N) is 2. The third kappa shape index (κ3) is 2.14. The highest BCUT2D eigenvalue weighted by Crippen LogP contribution is 2.21. The predicted molar refractivity (Wildman–Crippen MR) is 54.9 cm³/mol. The molecule has 0 aliphatic heterocycles. The van der Waals surface area contributed by atoms with Crippen LogP contribution in [0.25, 0.3) is 0 Å². The van der Waals surface area contributed by atoms with Gasteiger partial charge in [-0.3, -0.25) is 0 Å². The summed E-state index contributed by atoms with van der Waals surface area (Å²) in [6.45, 7) is 0. The summed E-state index contributed by atoms with van der Waals surface area (Å²) in [5, 5.41) is 0.348. The molecule has 0 unspecified atom stereocenters. The topological polar surface area (TPSA) is 42.4 Å². The quantitative estimate of drug-likeness (QED) is 0.554. The van der Waals surface area contributed by atoms with Gasteiger partial charge >= 0.3 is 5.97 Å². The van der Waals surface area contributed by atoms with Crippen molar-refractivity contribution in [3.63, 3.8) is 0 Å². The molecule has 0 radical (unpaired) electrons. The summed E-state index contributed by atoms with van der Waals surface area (Å²) in [7, 11) is 4.96. The van der Waals surface area contributed by atoms with Crippen molar-refractivity contribution < 1.29 is 9.53 Å². The summed E-state index contributed by atoms with van der Waals surface area (Å²) in [6.07, 6.45) is 1.41. The van der Waals surface area contributed by atoms with Crippen molar-refractivity contribution in [2.75, 3.05) is 26.1 Å². The highest BCUT2D eigenvalue weighted by Gasteiger charge is 2.14. The van der Waals surface area contributed by atoms with E-state index in [1.54, 1.807) is 11.0 Å². The van der Waals surface area contributed by atoms with Gasteiger partial charge in [0.2, 0.25) is 0 Å². The summed E-state index contributed by atoms with van der Waals surface area (Å²) in [4.78, 5) is 16.9. The molecule has 0 bridgehead atoms. The van der Waals surface area contributed by atoms with E-state index >= 15 is 0 Å². The standard InChI is InChI=1S/C9H11ClN2O2/c1-12(2)7-4-8(10)11-5-6(7)9(13)14-3/h4-5H,1-3H3. The van der Waals surface area contributed by atoms with Gasteiger partial charge < -0.3 is 9.64 Å². The zero-order valence-electron chi connectivity index (χ0n) is 8.24. The normalized spacial score (nSPS) is 9.71. The maximum atomic E-state index is 11.3. The van der Waals surface area contributed by atoms with Crippen LogP contribution in [0, 0.1) is 0 Å². The molecule has 0 atom stereocenters. The number of carbonyl (C=O) groups is 1. The molecular formula is C9H11ClN2O2. The molecule has 0 saturated carbocycles. The average molecular weight is 215 g/mol. The van der Waals surface area contributed by atoms with Gasteiger partial charge in [0.1, 0.15) is 10.7 Å². The molecule has 1 aromatic rings. The van der Waals surface area contributed by atoms with Gasteiger partial charge in [-0.1, -0.05) is 11.6 Å². The van der Waals surface area contributed by atoms with Gasteiger partial charge in [0.25, 0.3) is 0 Å². The molecule has 0 saturated heterocycles. The molecule has 1 rings (SSSR count). The Morgan fingerprint density at radius 3 is 2.71 bits per heavy atom. The summed E-state index contributed by atoms with van der Waals surface area (Å²) in [5.74, 6) is -0.419. The molecule has 0 aromatic carbocycles. The Morgan fingerprint density at radius 1 is 1.57 bits per heavy atom. The Hall–Kier alpha value is -1.29. The molecule has 0 spiro atoms. The van der Waals surface area contributed by atoms with Crippen LogP contribution in [0.4, 0.5) is 5.69 Å². The minimum atomic E-state index is -0.419. The first-order valence-corrected chi connectivity index (χ1v) is 4.35. The molecule has 5 heteroatoms. The van der Waals surface area contributed by atoms with Crippen LogP contribution in [0.3, 0.4) is 0 Å². The van der Waals surface area contributed by atoms with Crippen LogP contribution < -0.4 is 4.90 Å². The number of carbonyl (C=O) groups excluding carboxylic acids is 1. The number of pyridine rings is 1. The minimum Gasteiger partial charge on any atom is -0.465 e. The largest absolute Gasteiger partial charge is 0.465 e. The fourth-order valence-corrected chi connectivity index (χ4v) is 1.21. The SMILES string of the molecule is COC(=O)c1cnc(Cl)cc1N(C)C. The van der Waals surface area contributed by atoms with Crippen molar-refractivity contribution in [1.29, 1.82) is 0 Å². The fourth-order valence-electron chi connectivity index (χ4n) is 1.06. The molecule has 4 nitrogen and oxygen atoms in total. The number of anilines is 1. The number of rotatable bonds is 2. The maximum Gasteiger partial charge on any atom is 0.341 e. The number of methoxy groups -OCH3 is 1. The van der Waals surface area contributed by atoms with E-state index < -0.39 is 5.97 Å². The van der Waals surface area contributed by atoms with Gasteiger partial charge in [-0.2, -0.15) is 0 Å². The molecular weight excluding hydrogens is 204 g/mol. The Kier molecular flexibility index (Phi) is 3.30. The van der Waals surface area contributed by atoms with Gasteiger partial charge in [0.05, 0.1) is 12.8 Å². The maximum absolute atomic E-state index is 11.3. The third-order valence-corrected chi connectivity index (χ3v) is 1.94. The fraction of sp³-hybridized carbons (Fsp3) is 0.333. The first-order chi connectivity index (χ1) is 6.56. The second-order valence-electron chi connectivity index (χ2n) is 2.91. The molecule has 76 valence electrons. The zero-order chi connectivity index (χ0) is 10.7. The second-order valence-corrected chi connectivity index (χ2v) is 3.30. The van der Waals surface area contributed by atoms with Gasteiger partial charge in [0.15, 0.2) is 0 Å². The lowest BCUT2D eigenvalue weighted by Crippen LogP contribution is -2.15. The van der Waals surface area contributed by atoms with Crippen LogP contribution in [0.1, 0.15) is 10.4 Å². The number of hydrogen-bond donors (Lipinski definition) is 0. The van der Waals surface area contributed by atoms with E-state index in [1.807, 2.05) is 14.1 Å². The lowest BCUT2D eigenvalue weighted by atomic mass is 10.2. The summed E-state index contributed by atoms with van der Waals surface area (Å²) in [6, 6.07) is 1.62. The Balaban J connectivity index is 3.21. The van der Waals surface area contributed by atoms with Crippen molar-refractivity contribution in [1.82, 2.24) is 4.98 Å². The van der Waals surface area contributed by atoms with E-state index in [1.165, 1.54) is 13.3 Å². The lowest BCUT2D eigenvalue weighted by molar-refractivity contribution is 0.0601. The van der Waals surface area contributed by atoms with Gasteiger partial charge in [0, 0.05) is 20.3 Å². The highest BCUT2D eigenvalue weighted by atomic mass is 35.5. The second kappa shape index (κ2) is 4.28. The van der Waals surface area contributed by atoms with Crippen LogP contribution in [-0.4, -0.2) is 32.2 Å². The van der Waals surface area contributed by atoms with E-state index in [4.69, 9.17) is 11.6 Å². The first-order valence-electron chi connectivity index (χ1n) is 3.97. The third-order valence-electron chi connectivity index (χ3n) is 1.74. The predicted octanol–water partition coefficient (Wildman–Crippen LogP) is 1.59. The summed E-state index contributed by atoms with van der Waals surface area (Å²) in [5.41, 5.74) is 1.10. The molecule has 0 fully saturated rings. The van der Waals surface area contributed by atoms with Crippen molar-refractivity contribution in [2.24, 2.45) is 0 Å². The molecule has 1 aromatic heterocycles. The van der Waals surface area contributed by atoms with Crippen molar-refractivity contribution >= 4 is 23.3 Å². The van der Waals surface area contributed by atoms with Crippen molar-refractivity contribution in [3.8, 4) is 0 Å². The zero-order valence-corrected chi connectivity index (χ0v) is 9.00. The molecule has 1 heterocycles. The van der Waals surface area contributed by atoms with E-state index in [0.29, 0.717) is 16.4 Å². The monoisotopic (exact) mass is 214 g/mol. The van der Waals surface area contributed by atoms with Crippen LogP contribution in [0.2, 0.25) is 5.15 Å². The number of esters is 1. The number of hydrogen-bond acceptors (Lipinski definition) is 4. The number of aromatic nitrogens is 1. The van der Waals surface area contributed by atoms with Crippen LogP contribution in [0.5, 0.6) is 0 Å². The number of halogens is 1. The van der Waals surface area contributed by atoms with Crippen molar-refractivity contribution in [2.45, 2.75) is 0 Å². The summed E-state index contributed by atoms with van der Waals surface area (Å²) < 4.78 is 4.62. The van der Waals surface area contributed by atoms with Gasteiger partial charge in [-0.05, 0) is 6.07 Å². The van der Waals surface area contributed by atoms with Gasteiger partial charge in [-0.15, -0.1) is 0 Å². The molecule has 14 heavy (non-hydrogen) atoms. The Labute approximate surface area is 87.4 Å². The molecule has 0 amide bonds. The highest BCUT2D eigenvalue weighted by molar-refractivity contribution is 6.29. The van der Waals surface area contributed by atoms with Crippen LogP contribution in [0.15, 0.2) is 12.3 Å². The number of ether oxygens (including phenoxy) is 1. The van der Waals surface area contributed by atoms with E-state index in [0.717, 1.165) is 0 Å². The van der Waals surface area contributed by atoms with E-state index in [2.05, 4.69) is 9.72 Å². The Morgan fingerprint density at radius 2 is 2.21 bits per heavy atom.